The first-order valence-electron chi connectivity index (χ1n) is 8.13. The molecular formula is C16H20N4O4. The van der Waals surface area contributed by atoms with E-state index in [9.17, 15) is 19.7 Å². The van der Waals surface area contributed by atoms with Crippen LogP contribution >= 0.6 is 0 Å². The molecular weight excluding hydrogens is 312 g/mol. The molecule has 3 atom stereocenters. The fourth-order valence-electron chi connectivity index (χ4n) is 3.34. The monoisotopic (exact) mass is 332 g/mol. The van der Waals surface area contributed by atoms with Crippen molar-refractivity contribution in [3.63, 3.8) is 0 Å². The van der Waals surface area contributed by atoms with E-state index in [2.05, 4.69) is 16.0 Å². The fourth-order valence-corrected chi connectivity index (χ4v) is 3.34. The molecule has 0 aromatic heterocycles. The largest absolute Gasteiger partial charge is 0.350 e. The highest BCUT2D eigenvalue weighted by Crippen LogP contribution is 2.22. The van der Waals surface area contributed by atoms with Gasteiger partial charge >= 0.3 is 0 Å². The van der Waals surface area contributed by atoms with Gasteiger partial charge in [0.25, 0.3) is 5.69 Å². The number of carbonyl (C=O) groups excluding carboxylic acids is 2. The van der Waals surface area contributed by atoms with Crippen LogP contribution < -0.4 is 16.0 Å². The second-order valence-electron chi connectivity index (χ2n) is 6.28. The summed E-state index contributed by atoms with van der Waals surface area (Å²) >= 11 is 0. The normalized spacial score (nSPS) is 26.2. The number of amides is 2. The molecule has 1 saturated heterocycles. The minimum atomic E-state index is -0.539. The van der Waals surface area contributed by atoms with Crippen LogP contribution in [0.2, 0.25) is 0 Å². The van der Waals surface area contributed by atoms with Crippen molar-refractivity contribution in [2.75, 3.05) is 5.32 Å². The summed E-state index contributed by atoms with van der Waals surface area (Å²) in [6.45, 7) is 0. The predicted molar refractivity (Wildman–Crippen MR) is 87.5 cm³/mol. The number of anilines is 1. The quantitative estimate of drug-likeness (QED) is 0.568. The third-order valence-corrected chi connectivity index (χ3v) is 4.58. The van der Waals surface area contributed by atoms with Gasteiger partial charge in [0, 0.05) is 29.9 Å². The zero-order valence-corrected chi connectivity index (χ0v) is 13.2. The number of nitrogens with zero attached hydrogens (tertiary/aromatic N) is 1. The Morgan fingerprint density at radius 3 is 2.54 bits per heavy atom. The van der Waals surface area contributed by atoms with Crippen molar-refractivity contribution < 1.29 is 14.5 Å². The van der Waals surface area contributed by atoms with Gasteiger partial charge in [-0.05, 0) is 25.0 Å². The topological polar surface area (TPSA) is 113 Å². The maximum Gasteiger partial charge on any atom is 0.269 e. The number of hydrogen-bond donors (Lipinski definition) is 3. The number of fused-ring (bicyclic) bond motifs is 1. The summed E-state index contributed by atoms with van der Waals surface area (Å²) in [6.07, 6.45) is 4.27. The Labute approximate surface area is 139 Å². The minimum Gasteiger partial charge on any atom is -0.350 e. The Hall–Kier alpha value is -2.48. The summed E-state index contributed by atoms with van der Waals surface area (Å²) in [5.74, 6) is -0.442. The summed E-state index contributed by atoms with van der Waals surface area (Å²) in [7, 11) is 0. The number of nitro benzene ring substituents is 1. The second kappa shape index (κ2) is 6.96. The lowest BCUT2D eigenvalue weighted by Gasteiger charge is -2.40. The van der Waals surface area contributed by atoms with E-state index in [0.717, 1.165) is 25.7 Å². The third kappa shape index (κ3) is 3.70. The highest BCUT2D eigenvalue weighted by molar-refractivity contribution is 5.95. The highest BCUT2D eigenvalue weighted by Gasteiger charge is 2.36. The van der Waals surface area contributed by atoms with Crippen molar-refractivity contribution >= 4 is 23.2 Å². The van der Waals surface area contributed by atoms with E-state index in [1.54, 1.807) is 0 Å². The average Bonchev–Trinajstić information content (AvgIpc) is 2.56. The maximum absolute atomic E-state index is 12.1. The van der Waals surface area contributed by atoms with Gasteiger partial charge in [-0.15, -0.1) is 0 Å². The molecule has 1 aromatic rings. The standard InChI is InChI=1S/C16H20N4O4/c21-15(17-10-5-7-11(8-6-10)20(23)24)9-14-16(22)19-13-4-2-1-3-12(13)18-14/h5-8,12-14,18H,1-4,9H2,(H,17,21)(H,19,22). The SMILES string of the molecule is O=C(CC1NC2CCCCC2NC1=O)Nc1ccc([N+](=O)[O-])cc1. The molecule has 0 bridgehead atoms. The smallest absolute Gasteiger partial charge is 0.269 e. The van der Waals surface area contributed by atoms with Crippen molar-refractivity contribution in [1.82, 2.24) is 10.6 Å². The van der Waals surface area contributed by atoms with Gasteiger partial charge in [0.1, 0.15) is 0 Å². The van der Waals surface area contributed by atoms with E-state index < -0.39 is 11.0 Å². The summed E-state index contributed by atoms with van der Waals surface area (Å²) in [6, 6.07) is 5.46. The summed E-state index contributed by atoms with van der Waals surface area (Å²) in [4.78, 5) is 34.4. The molecule has 2 aliphatic rings. The van der Waals surface area contributed by atoms with Crippen LogP contribution in [0.15, 0.2) is 24.3 Å². The minimum absolute atomic E-state index is 0.0338. The number of piperazine rings is 1. The van der Waals surface area contributed by atoms with Crippen molar-refractivity contribution in [2.45, 2.75) is 50.2 Å². The molecule has 3 rings (SSSR count). The molecule has 1 aromatic carbocycles. The summed E-state index contributed by atoms with van der Waals surface area (Å²) < 4.78 is 0. The van der Waals surface area contributed by atoms with E-state index >= 15 is 0 Å². The molecule has 3 N–H and O–H groups in total. The molecule has 8 nitrogen and oxygen atoms in total. The van der Waals surface area contributed by atoms with Gasteiger partial charge in [0.2, 0.25) is 11.8 Å². The van der Waals surface area contributed by atoms with E-state index in [4.69, 9.17) is 0 Å². The fraction of sp³-hybridized carbons (Fsp3) is 0.500. The second-order valence-corrected chi connectivity index (χ2v) is 6.28. The highest BCUT2D eigenvalue weighted by atomic mass is 16.6. The molecule has 0 spiro atoms. The lowest BCUT2D eigenvalue weighted by Crippen LogP contribution is -2.65. The number of nitro groups is 1. The van der Waals surface area contributed by atoms with E-state index in [-0.39, 0.29) is 36.0 Å². The molecule has 1 aliphatic heterocycles. The van der Waals surface area contributed by atoms with Crippen LogP contribution in [0.1, 0.15) is 32.1 Å². The zero-order chi connectivity index (χ0) is 17.1. The average molecular weight is 332 g/mol. The van der Waals surface area contributed by atoms with Crippen molar-refractivity contribution in [1.29, 1.82) is 0 Å². The lowest BCUT2D eigenvalue weighted by molar-refractivity contribution is -0.384. The molecule has 3 unspecified atom stereocenters. The molecule has 1 heterocycles. The molecule has 8 heteroatoms. The number of carbonyl (C=O) groups is 2. The first-order valence-corrected chi connectivity index (χ1v) is 8.13. The molecule has 1 aliphatic carbocycles. The van der Waals surface area contributed by atoms with Gasteiger partial charge in [0.15, 0.2) is 0 Å². The Kier molecular flexibility index (Phi) is 4.75. The van der Waals surface area contributed by atoms with Gasteiger partial charge in [-0.2, -0.15) is 0 Å². The molecule has 2 amide bonds. The van der Waals surface area contributed by atoms with Crippen LogP contribution in [0.5, 0.6) is 0 Å². The maximum atomic E-state index is 12.1. The number of benzene rings is 1. The van der Waals surface area contributed by atoms with Crippen LogP contribution in [0, 0.1) is 10.1 Å². The molecule has 128 valence electrons. The van der Waals surface area contributed by atoms with Crippen LogP contribution in [0.4, 0.5) is 11.4 Å². The van der Waals surface area contributed by atoms with Crippen molar-refractivity contribution in [3.05, 3.63) is 34.4 Å². The molecule has 0 radical (unpaired) electrons. The Bertz CT molecular complexity index is 646. The molecule has 24 heavy (non-hydrogen) atoms. The van der Waals surface area contributed by atoms with Crippen LogP contribution in [0.3, 0.4) is 0 Å². The third-order valence-electron chi connectivity index (χ3n) is 4.58. The number of hydrogen-bond acceptors (Lipinski definition) is 5. The van der Waals surface area contributed by atoms with Gasteiger partial charge in [-0.25, -0.2) is 0 Å². The van der Waals surface area contributed by atoms with Gasteiger partial charge in [-0.1, -0.05) is 12.8 Å². The molecule has 2 fully saturated rings. The summed E-state index contributed by atoms with van der Waals surface area (Å²) in [5.41, 5.74) is 0.432. The van der Waals surface area contributed by atoms with Gasteiger partial charge < -0.3 is 16.0 Å². The Morgan fingerprint density at radius 2 is 1.88 bits per heavy atom. The van der Waals surface area contributed by atoms with Crippen LogP contribution in [-0.4, -0.2) is 34.9 Å². The first kappa shape index (κ1) is 16.4. The van der Waals surface area contributed by atoms with Gasteiger partial charge in [-0.3, -0.25) is 19.7 Å². The Morgan fingerprint density at radius 1 is 1.21 bits per heavy atom. The van der Waals surface area contributed by atoms with E-state index in [0.29, 0.717) is 5.69 Å². The van der Waals surface area contributed by atoms with Gasteiger partial charge in [0.05, 0.1) is 17.4 Å². The number of non-ortho nitro benzene ring substituents is 1. The van der Waals surface area contributed by atoms with E-state index in [1.165, 1.54) is 24.3 Å². The number of nitrogens with one attached hydrogen (secondary N) is 3. The van der Waals surface area contributed by atoms with Crippen molar-refractivity contribution in [2.24, 2.45) is 0 Å². The predicted octanol–water partition coefficient (Wildman–Crippen LogP) is 1.32. The number of rotatable bonds is 4. The van der Waals surface area contributed by atoms with Crippen molar-refractivity contribution in [3.8, 4) is 0 Å². The van der Waals surface area contributed by atoms with E-state index in [1.807, 2.05) is 0 Å². The summed E-state index contributed by atoms with van der Waals surface area (Å²) in [5, 5.41) is 19.6. The first-order chi connectivity index (χ1) is 11.5. The van der Waals surface area contributed by atoms with Crippen LogP contribution in [-0.2, 0) is 9.59 Å². The Balaban J connectivity index is 1.56. The van der Waals surface area contributed by atoms with Crippen LogP contribution in [0.25, 0.3) is 0 Å². The molecule has 1 saturated carbocycles. The zero-order valence-electron chi connectivity index (χ0n) is 13.2. The lowest BCUT2D eigenvalue weighted by atomic mass is 9.87.